The molecule has 4 nitrogen and oxygen atoms in total. The molecule has 3 rings (SSSR count). The highest BCUT2D eigenvalue weighted by atomic mass is 32.2. The van der Waals surface area contributed by atoms with Crippen LogP contribution < -0.4 is 0 Å². The lowest BCUT2D eigenvalue weighted by Crippen LogP contribution is -2.45. The second kappa shape index (κ2) is 8.08. The molecule has 1 N–H and O–H groups in total. The van der Waals surface area contributed by atoms with E-state index in [9.17, 15) is 26.7 Å². The number of benzene rings is 2. The molecule has 1 aliphatic rings. The third-order valence-electron chi connectivity index (χ3n) is 5.38. The largest absolute Gasteiger partial charge is 0.416 e. The number of halogens is 3. The summed E-state index contributed by atoms with van der Waals surface area (Å²) >= 11 is 0. The maximum absolute atomic E-state index is 13.0. The molecule has 158 valence electrons. The predicted octanol–water partition coefficient (Wildman–Crippen LogP) is 4.33. The van der Waals surface area contributed by atoms with Crippen LogP contribution in [-0.4, -0.2) is 30.9 Å². The van der Waals surface area contributed by atoms with E-state index in [-0.39, 0.29) is 36.4 Å². The maximum atomic E-state index is 13.0. The number of aliphatic hydroxyl groups is 1. The molecular formula is C21H24F3NO3S. The van der Waals surface area contributed by atoms with Gasteiger partial charge in [0.05, 0.1) is 16.1 Å². The molecule has 0 aromatic heterocycles. The van der Waals surface area contributed by atoms with Crippen molar-refractivity contribution in [3.05, 3.63) is 65.2 Å². The van der Waals surface area contributed by atoms with E-state index in [0.29, 0.717) is 0 Å². The molecule has 0 aliphatic carbocycles. The van der Waals surface area contributed by atoms with Gasteiger partial charge in [-0.1, -0.05) is 37.6 Å². The number of hydrogen-bond acceptors (Lipinski definition) is 3. The van der Waals surface area contributed by atoms with Crippen LogP contribution in [-0.2, 0) is 28.2 Å². The molecule has 0 amide bonds. The standard InChI is InChI=1S/C21H24F3NO3S/c1-2-4-16-7-9-19(10-8-16)29(27,28)25-13-11-20(26,12-14-25)17-5-3-6-18(15-17)21(22,23)24/h3,5-10,15,26H,2,4,11-14H2,1H3. The summed E-state index contributed by atoms with van der Waals surface area (Å²) in [6.07, 6.45) is -2.61. The number of alkyl halides is 3. The molecule has 0 atom stereocenters. The first kappa shape index (κ1) is 21.8. The van der Waals surface area contributed by atoms with Gasteiger partial charge in [-0.2, -0.15) is 17.5 Å². The van der Waals surface area contributed by atoms with Gasteiger partial charge in [0.2, 0.25) is 10.0 Å². The summed E-state index contributed by atoms with van der Waals surface area (Å²) in [6.45, 7) is 2.11. The number of rotatable bonds is 5. The van der Waals surface area contributed by atoms with Crippen LogP contribution in [0, 0.1) is 0 Å². The van der Waals surface area contributed by atoms with E-state index in [1.54, 1.807) is 24.3 Å². The second-order valence-corrected chi connectivity index (χ2v) is 9.35. The van der Waals surface area contributed by atoms with Crippen molar-refractivity contribution in [2.45, 2.75) is 49.3 Å². The van der Waals surface area contributed by atoms with Crippen molar-refractivity contribution in [2.75, 3.05) is 13.1 Å². The average Bonchev–Trinajstić information content (AvgIpc) is 2.68. The Morgan fingerprint density at radius 2 is 1.69 bits per heavy atom. The van der Waals surface area contributed by atoms with Crippen LogP contribution in [0.25, 0.3) is 0 Å². The Labute approximate surface area is 169 Å². The fraction of sp³-hybridized carbons (Fsp3) is 0.429. The molecule has 0 spiro atoms. The topological polar surface area (TPSA) is 57.6 Å². The van der Waals surface area contributed by atoms with Gasteiger partial charge < -0.3 is 5.11 Å². The SMILES string of the molecule is CCCc1ccc(S(=O)(=O)N2CCC(O)(c3cccc(C(F)(F)F)c3)CC2)cc1. The van der Waals surface area contributed by atoms with Gasteiger partial charge >= 0.3 is 6.18 Å². The second-order valence-electron chi connectivity index (χ2n) is 7.41. The van der Waals surface area contributed by atoms with E-state index in [4.69, 9.17) is 0 Å². The summed E-state index contributed by atoms with van der Waals surface area (Å²) in [4.78, 5) is 0.182. The first-order valence-electron chi connectivity index (χ1n) is 9.55. The molecule has 8 heteroatoms. The van der Waals surface area contributed by atoms with Crippen molar-refractivity contribution in [2.24, 2.45) is 0 Å². The quantitative estimate of drug-likeness (QED) is 0.773. The highest BCUT2D eigenvalue weighted by Crippen LogP contribution is 2.37. The molecule has 2 aromatic rings. The summed E-state index contributed by atoms with van der Waals surface area (Å²) < 4.78 is 66.0. The van der Waals surface area contributed by atoms with Crippen molar-refractivity contribution < 1.29 is 26.7 Å². The third-order valence-corrected chi connectivity index (χ3v) is 7.29. The van der Waals surface area contributed by atoms with Crippen LogP contribution in [0.15, 0.2) is 53.4 Å². The highest BCUT2D eigenvalue weighted by Gasteiger charge is 2.39. The molecule has 1 fully saturated rings. The molecule has 2 aromatic carbocycles. The number of nitrogens with zero attached hydrogens (tertiary/aromatic N) is 1. The van der Waals surface area contributed by atoms with Gasteiger partial charge in [0, 0.05) is 13.1 Å². The van der Waals surface area contributed by atoms with E-state index >= 15 is 0 Å². The van der Waals surface area contributed by atoms with Crippen LogP contribution in [0.5, 0.6) is 0 Å². The fourth-order valence-corrected chi connectivity index (χ4v) is 5.08. The Kier molecular flexibility index (Phi) is 6.08. The monoisotopic (exact) mass is 427 g/mol. The Balaban J connectivity index is 1.75. The van der Waals surface area contributed by atoms with E-state index in [0.717, 1.165) is 30.5 Å². The minimum atomic E-state index is -4.50. The van der Waals surface area contributed by atoms with Crippen molar-refractivity contribution in [1.82, 2.24) is 4.31 Å². The van der Waals surface area contributed by atoms with Gasteiger partial charge in [-0.25, -0.2) is 8.42 Å². The Hall–Kier alpha value is -1.90. The third kappa shape index (κ3) is 4.65. The first-order chi connectivity index (χ1) is 13.6. The van der Waals surface area contributed by atoms with E-state index in [1.807, 2.05) is 6.92 Å². The molecule has 1 saturated heterocycles. The lowest BCUT2D eigenvalue weighted by atomic mass is 9.84. The Morgan fingerprint density at radius 3 is 2.24 bits per heavy atom. The molecule has 1 heterocycles. The zero-order valence-corrected chi connectivity index (χ0v) is 16.9. The van der Waals surface area contributed by atoms with E-state index in [2.05, 4.69) is 0 Å². The van der Waals surface area contributed by atoms with Gasteiger partial charge in [0.15, 0.2) is 0 Å². The normalized spacial score (nSPS) is 18.0. The molecule has 0 unspecified atom stereocenters. The number of hydrogen-bond donors (Lipinski definition) is 1. The van der Waals surface area contributed by atoms with Gasteiger partial charge in [0.25, 0.3) is 0 Å². The van der Waals surface area contributed by atoms with Crippen LogP contribution in [0.3, 0.4) is 0 Å². The first-order valence-corrected chi connectivity index (χ1v) is 11.0. The Morgan fingerprint density at radius 1 is 1.07 bits per heavy atom. The van der Waals surface area contributed by atoms with Crippen LogP contribution in [0.1, 0.15) is 42.9 Å². The lowest BCUT2D eigenvalue weighted by Gasteiger charge is -2.38. The van der Waals surface area contributed by atoms with Gasteiger partial charge in [0.1, 0.15) is 0 Å². The molecule has 0 bridgehead atoms. The summed E-state index contributed by atoms with van der Waals surface area (Å²) in [6, 6.07) is 11.3. The van der Waals surface area contributed by atoms with Gasteiger partial charge in [-0.15, -0.1) is 0 Å². The van der Waals surface area contributed by atoms with E-state index < -0.39 is 27.4 Å². The maximum Gasteiger partial charge on any atom is 0.416 e. The van der Waals surface area contributed by atoms with Crippen molar-refractivity contribution in [3.63, 3.8) is 0 Å². The van der Waals surface area contributed by atoms with Crippen LogP contribution in [0.4, 0.5) is 13.2 Å². The minimum absolute atomic E-state index is 0.0292. The summed E-state index contributed by atoms with van der Waals surface area (Å²) in [5.41, 5.74) is -1.10. The zero-order chi connectivity index (χ0) is 21.3. The summed E-state index contributed by atoms with van der Waals surface area (Å²) in [7, 11) is -3.72. The molecule has 0 radical (unpaired) electrons. The zero-order valence-electron chi connectivity index (χ0n) is 16.1. The van der Waals surface area contributed by atoms with Gasteiger partial charge in [-0.05, 0) is 54.7 Å². The van der Waals surface area contributed by atoms with Crippen LogP contribution in [0.2, 0.25) is 0 Å². The fourth-order valence-electron chi connectivity index (χ4n) is 3.64. The van der Waals surface area contributed by atoms with Crippen LogP contribution >= 0.6 is 0 Å². The van der Waals surface area contributed by atoms with Crippen molar-refractivity contribution in [3.8, 4) is 0 Å². The Bertz CT molecular complexity index is 948. The summed E-state index contributed by atoms with van der Waals surface area (Å²) in [5.74, 6) is 0. The highest BCUT2D eigenvalue weighted by molar-refractivity contribution is 7.89. The van der Waals surface area contributed by atoms with Gasteiger partial charge in [-0.3, -0.25) is 0 Å². The van der Waals surface area contributed by atoms with Crippen molar-refractivity contribution >= 4 is 10.0 Å². The number of piperidine rings is 1. The predicted molar refractivity (Wildman–Crippen MR) is 104 cm³/mol. The molecule has 0 saturated carbocycles. The van der Waals surface area contributed by atoms with E-state index in [1.165, 1.54) is 16.4 Å². The lowest BCUT2D eigenvalue weighted by molar-refractivity contribution is -0.137. The molecule has 29 heavy (non-hydrogen) atoms. The molecule has 1 aliphatic heterocycles. The molecular weight excluding hydrogens is 403 g/mol. The minimum Gasteiger partial charge on any atom is -0.385 e. The number of sulfonamides is 1. The average molecular weight is 427 g/mol. The smallest absolute Gasteiger partial charge is 0.385 e. The number of aryl methyl sites for hydroxylation is 1. The summed E-state index contributed by atoms with van der Waals surface area (Å²) in [5, 5.41) is 10.9. The van der Waals surface area contributed by atoms with Crippen molar-refractivity contribution in [1.29, 1.82) is 0 Å².